The molecule has 0 aliphatic heterocycles. The highest BCUT2D eigenvalue weighted by atomic mass is 16.5. The summed E-state index contributed by atoms with van der Waals surface area (Å²) in [7, 11) is 0. The van der Waals surface area contributed by atoms with Crippen molar-refractivity contribution in [2.75, 3.05) is 5.32 Å². The minimum Gasteiger partial charge on any atom is -0.491 e. The zero-order valence-electron chi connectivity index (χ0n) is 18.1. The van der Waals surface area contributed by atoms with E-state index in [0.717, 1.165) is 17.1 Å². The van der Waals surface area contributed by atoms with Crippen LogP contribution in [0.4, 0.5) is 5.69 Å². The van der Waals surface area contributed by atoms with Crippen LogP contribution in [0.1, 0.15) is 55.4 Å². The van der Waals surface area contributed by atoms with Gasteiger partial charge in [-0.2, -0.15) is 0 Å². The smallest absolute Gasteiger partial charge is 0.257 e. The van der Waals surface area contributed by atoms with Crippen LogP contribution in [0.5, 0.6) is 17.2 Å². The first-order valence-electron chi connectivity index (χ1n) is 10.2. The Morgan fingerprint density at radius 3 is 2.23 bits per heavy atom. The van der Waals surface area contributed by atoms with Crippen molar-refractivity contribution in [2.24, 2.45) is 0 Å². The van der Waals surface area contributed by atoms with Gasteiger partial charge in [-0.3, -0.25) is 9.78 Å². The lowest BCUT2D eigenvalue weighted by Gasteiger charge is -2.12. The van der Waals surface area contributed by atoms with Crippen molar-refractivity contribution >= 4 is 11.6 Å². The average molecular weight is 405 g/mol. The summed E-state index contributed by atoms with van der Waals surface area (Å²) >= 11 is 0. The number of ether oxygens (including phenoxy) is 2. The molecule has 0 aliphatic rings. The maximum atomic E-state index is 12.7. The van der Waals surface area contributed by atoms with E-state index in [4.69, 9.17) is 9.47 Å². The van der Waals surface area contributed by atoms with Gasteiger partial charge in [0.05, 0.1) is 17.4 Å². The second-order valence-corrected chi connectivity index (χ2v) is 7.75. The number of aromatic nitrogens is 1. The topological polar surface area (TPSA) is 60.5 Å². The predicted molar refractivity (Wildman–Crippen MR) is 120 cm³/mol. The molecular weight excluding hydrogens is 376 g/mol. The molecule has 0 radical (unpaired) electrons. The van der Waals surface area contributed by atoms with Gasteiger partial charge >= 0.3 is 0 Å². The van der Waals surface area contributed by atoms with E-state index >= 15 is 0 Å². The zero-order chi connectivity index (χ0) is 21.7. The van der Waals surface area contributed by atoms with E-state index < -0.39 is 0 Å². The first-order valence-corrected chi connectivity index (χ1v) is 10.2. The summed E-state index contributed by atoms with van der Waals surface area (Å²) < 4.78 is 11.6. The van der Waals surface area contributed by atoms with Crippen molar-refractivity contribution in [3.63, 3.8) is 0 Å². The van der Waals surface area contributed by atoms with Crippen LogP contribution in [0.15, 0.2) is 60.7 Å². The lowest BCUT2D eigenvalue weighted by molar-refractivity contribution is 0.102. The summed E-state index contributed by atoms with van der Waals surface area (Å²) in [6.07, 6.45) is 0.123. The molecule has 1 heterocycles. The number of nitrogens with zero attached hydrogens (tertiary/aromatic N) is 1. The third-order valence-corrected chi connectivity index (χ3v) is 4.47. The molecule has 5 nitrogen and oxygen atoms in total. The average Bonchev–Trinajstić information content (AvgIpc) is 2.69. The number of aryl methyl sites for hydroxylation is 1. The molecule has 156 valence electrons. The Morgan fingerprint density at radius 1 is 0.900 bits per heavy atom. The summed E-state index contributed by atoms with van der Waals surface area (Å²) in [6, 6.07) is 18.5. The number of benzene rings is 2. The van der Waals surface area contributed by atoms with Crippen LogP contribution < -0.4 is 14.8 Å². The number of hydrogen-bond donors (Lipinski definition) is 1. The number of hydrogen-bond acceptors (Lipinski definition) is 4. The molecule has 0 saturated carbocycles. The molecule has 0 unspecified atom stereocenters. The molecule has 0 bridgehead atoms. The first-order chi connectivity index (χ1) is 14.3. The Labute approximate surface area is 178 Å². The predicted octanol–water partition coefficient (Wildman–Crippen LogP) is 6.35. The molecule has 3 rings (SSSR count). The van der Waals surface area contributed by atoms with Crippen LogP contribution in [0.3, 0.4) is 0 Å². The summed E-state index contributed by atoms with van der Waals surface area (Å²) in [6.45, 7) is 9.99. The van der Waals surface area contributed by atoms with Gasteiger partial charge in [0.2, 0.25) is 0 Å². The second kappa shape index (κ2) is 9.44. The maximum Gasteiger partial charge on any atom is 0.257 e. The van der Waals surface area contributed by atoms with Gasteiger partial charge in [-0.25, -0.2) is 0 Å². The van der Waals surface area contributed by atoms with Crippen molar-refractivity contribution in [3.8, 4) is 17.2 Å². The summed E-state index contributed by atoms with van der Waals surface area (Å²) in [4.78, 5) is 17.2. The molecule has 1 aromatic heterocycles. The highest BCUT2D eigenvalue weighted by molar-refractivity contribution is 6.05. The molecule has 5 heteroatoms. The molecule has 0 atom stereocenters. The Morgan fingerprint density at radius 2 is 1.60 bits per heavy atom. The van der Waals surface area contributed by atoms with Crippen LogP contribution in [-0.4, -0.2) is 17.0 Å². The standard InChI is InChI=1S/C25H28N2O3/c1-16(2)24-14-13-23(18(5)26-24)25(28)27-19-7-6-8-22(15-19)30-21-11-9-20(10-12-21)29-17(3)4/h6-17H,1-5H3,(H,27,28). The molecule has 30 heavy (non-hydrogen) atoms. The van der Waals surface area contributed by atoms with Gasteiger partial charge in [0, 0.05) is 17.4 Å². The molecule has 0 spiro atoms. The highest BCUT2D eigenvalue weighted by Crippen LogP contribution is 2.26. The fourth-order valence-corrected chi connectivity index (χ4v) is 2.97. The number of carbonyl (C=O) groups is 1. The number of carbonyl (C=O) groups excluding carboxylic acids is 1. The lowest BCUT2D eigenvalue weighted by atomic mass is 10.1. The molecule has 0 saturated heterocycles. The quantitative estimate of drug-likeness (QED) is 0.499. The van der Waals surface area contributed by atoms with E-state index in [1.54, 1.807) is 6.07 Å². The summed E-state index contributed by atoms with van der Waals surface area (Å²) in [5.41, 5.74) is 2.91. The molecule has 3 aromatic rings. The molecule has 0 fully saturated rings. The van der Waals surface area contributed by atoms with Gasteiger partial charge in [-0.15, -0.1) is 0 Å². The van der Waals surface area contributed by atoms with Crippen LogP contribution >= 0.6 is 0 Å². The van der Waals surface area contributed by atoms with Crippen molar-refractivity contribution in [2.45, 2.75) is 46.6 Å². The number of anilines is 1. The Kier molecular flexibility index (Phi) is 6.72. The third-order valence-electron chi connectivity index (χ3n) is 4.47. The molecule has 0 aliphatic carbocycles. The van der Waals surface area contributed by atoms with E-state index in [0.29, 0.717) is 28.7 Å². The maximum absolute atomic E-state index is 12.7. The number of rotatable bonds is 7. The van der Waals surface area contributed by atoms with Crippen LogP contribution in [0.25, 0.3) is 0 Å². The largest absolute Gasteiger partial charge is 0.491 e. The van der Waals surface area contributed by atoms with Gasteiger partial charge < -0.3 is 14.8 Å². The van der Waals surface area contributed by atoms with Gasteiger partial charge in [0.25, 0.3) is 5.91 Å². The van der Waals surface area contributed by atoms with Crippen LogP contribution in [0.2, 0.25) is 0 Å². The fraction of sp³-hybridized carbons (Fsp3) is 0.280. The molecule has 2 aromatic carbocycles. The second-order valence-electron chi connectivity index (χ2n) is 7.75. The van der Waals surface area contributed by atoms with Crippen LogP contribution in [-0.2, 0) is 0 Å². The monoisotopic (exact) mass is 404 g/mol. The Bertz CT molecular complexity index is 1010. The van der Waals surface area contributed by atoms with E-state index in [2.05, 4.69) is 24.1 Å². The molecular formula is C25H28N2O3. The number of amides is 1. The Hall–Kier alpha value is -3.34. The molecule has 1 N–H and O–H groups in total. The number of nitrogens with one attached hydrogen (secondary N) is 1. The van der Waals surface area contributed by atoms with Gasteiger partial charge in [0.1, 0.15) is 17.2 Å². The van der Waals surface area contributed by atoms with Gasteiger partial charge in [0.15, 0.2) is 0 Å². The summed E-state index contributed by atoms with van der Waals surface area (Å²) in [5, 5.41) is 2.93. The highest BCUT2D eigenvalue weighted by Gasteiger charge is 2.13. The minimum absolute atomic E-state index is 0.123. The SMILES string of the molecule is Cc1nc(C(C)C)ccc1C(=O)Nc1cccc(Oc2ccc(OC(C)C)cc2)c1. The minimum atomic E-state index is -0.192. The van der Waals surface area contributed by atoms with Crippen molar-refractivity contribution < 1.29 is 14.3 Å². The number of pyridine rings is 1. The van der Waals surface area contributed by atoms with E-state index in [1.165, 1.54) is 0 Å². The van der Waals surface area contributed by atoms with E-state index in [1.807, 2.05) is 75.4 Å². The fourth-order valence-electron chi connectivity index (χ4n) is 2.97. The lowest BCUT2D eigenvalue weighted by Crippen LogP contribution is -2.14. The first kappa shape index (κ1) is 21.4. The van der Waals surface area contributed by atoms with E-state index in [-0.39, 0.29) is 12.0 Å². The Balaban J connectivity index is 1.69. The van der Waals surface area contributed by atoms with Gasteiger partial charge in [-0.1, -0.05) is 19.9 Å². The zero-order valence-corrected chi connectivity index (χ0v) is 18.1. The van der Waals surface area contributed by atoms with Crippen LogP contribution in [0, 0.1) is 6.92 Å². The van der Waals surface area contributed by atoms with Crippen molar-refractivity contribution in [3.05, 3.63) is 77.6 Å². The molecule has 1 amide bonds. The third kappa shape index (κ3) is 5.60. The van der Waals surface area contributed by atoms with Crippen molar-refractivity contribution in [1.29, 1.82) is 0 Å². The normalized spacial score (nSPS) is 10.9. The van der Waals surface area contributed by atoms with E-state index in [9.17, 15) is 4.79 Å². The van der Waals surface area contributed by atoms with Gasteiger partial charge in [-0.05, 0) is 75.2 Å². The summed E-state index contributed by atoms with van der Waals surface area (Å²) in [5.74, 6) is 2.25. The van der Waals surface area contributed by atoms with Crippen molar-refractivity contribution in [1.82, 2.24) is 4.98 Å².